The quantitative estimate of drug-likeness (QED) is 0.427. The fourth-order valence-corrected chi connectivity index (χ4v) is 4.99. The molecule has 1 aromatic heterocycles. The third-order valence-electron chi connectivity index (χ3n) is 4.23. The van der Waals surface area contributed by atoms with E-state index in [2.05, 4.69) is 67.9 Å². The summed E-state index contributed by atoms with van der Waals surface area (Å²) in [6.07, 6.45) is 1.03. The molecular formula is C19H16P. The van der Waals surface area contributed by atoms with Crippen molar-refractivity contribution in [3.63, 3.8) is 0 Å². The minimum Gasteiger partial charge on any atom is -0.120 e. The second-order valence-corrected chi connectivity index (χ2v) is 7.52. The standard InChI is InChI=1S/C19H16P/c1-13-9-10-20(2)19(13)15-7-8-18-16(12-15)11-14-5-3-4-6-17(14)18/h3-10H,11H2,1-2H3. The minimum absolute atomic E-state index is 0.141. The zero-order chi connectivity index (χ0) is 13.7. The summed E-state index contributed by atoms with van der Waals surface area (Å²) in [6, 6.07) is 19.2. The molecule has 20 heavy (non-hydrogen) atoms. The summed E-state index contributed by atoms with van der Waals surface area (Å²) in [7, 11) is -0.141. The van der Waals surface area contributed by atoms with Crippen molar-refractivity contribution in [3.8, 4) is 22.0 Å². The molecular weight excluding hydrogens is 259 g/mol. The summed E-state index contributed by atoms with van der Waals surface area (Å²) in [6.45, 7) is 4.54. The molecule has 0 saturated carbocycles. The Morgan fingerprint density at radius 3 is 2.65 bits per heavy atom. The molecule has 4 rings (SSSR count). The lowest BCUT2D eigenvalue weighted by molar-refractivity contribution is 1.26. The van der Waals surface area contributed by atoms with Crippen molar-refractivity contribution in [3.05, 3.63) is 71.0 Å². The number of fused-ring (bicyclic) bond motifs is 3. The van der Waals surface area contributed by atoms with Crippen LogP contribution >= 0.6 is 7.53 Å². The van der Waals surface area contributed by atoms with E-state index in [1.165, 1.54) is 38.7 Å². The summed E-state index contributed by atoms with van der Waals surface area (Å²) in [5.41, 5.74) is 8.26. The average molecular weight is 275 g/mol. The van der Waals surface area contributed by atoms with Crippen LogP contribution in [-0.2, 0) is 13.1 Å². The van der Waals surface area contributed by atoms with Crippen LogP contribution in [0.3, 0.4) is 0 Å². The van der Waals surface area contributed by atoms with Crippen molar-refractivity contribution in [2.45, 2.75) is 13.3 Å². The average Bonchev–Trinajstić information content (AvgIpc) is 2.98. The molecule has 0 N–H and O–H groups in total. The van der Waals surface area contributed by atoms with Crippen LogP contribution in [0.5, 0.6) is 0 Å². The number of benzene rings is 2. The number of hydrogen-bond acceptors (Lipinski definition) is 0. The highest BCUT2D eigenvalue weighted by Gasteiger charge is 2.19. The van der Waals surface area contributed by atoms with Crippen LogP contribution < -0.4 is 0 Å². The van der Waals surface area contributed by atoms with Gasteiger partial charge in [0.25, 0.3) is 0 Å². The summed E-state index contributed by atoms with van der Waals surface area (Å²) in [5, 5.41) is 1.50. The molecule has 97 valence electrons. The fourth-order valence-electron chi connectivity index (χ4n) is 3.25. The number of rotatable bonds is 1. The Hall–Kier alpha value is -1.78. The van der Waals surface area contributed by atoms with Gasteiger partial charge in [0.05, 0.1) is 0 Å². The lowest BCUT2D eigenvalue weighted by Crippen LogP contribution is -1.84. The van der Waals surface area contributed by atoms with Crippen LogP contribution in [0.15, 0.2) is 48.3 Å². The molecule has 1 heteroatoms. The molecule has 3 aromatic rings. The second kappa shape index (κ2) is 4.36. The highest BCUT2D eigenvalue weighted by atomic mass is 31.1. The second-order valence-electron chi connectivity index (χ2n) is 5.56. The third kappa shape index (κ3) is 1.69. The van der Waals surface area contributed by atoms with Gasteiger partial charge in [0.15, 0.2) is 0 Å². The van der Waals surface area contributed by atoms with Crippen LogP contribution in [-0.4, -0.2) is 0 Å². The Morgan fingerprint density at radius 2 is 1.85 bits per heavy atom. The van der Waals surface area contributed by atoms with E-state index >= 15 is 0 Å². The van der Waals surface area contributed by atoms with Gasteiger partial charge in [0, 0.05) is 5.30 Å². The van der Waals surface area contributed by atoms with Crippen molar-refractivity contribution in [1.82, 2.24) is 0 Å². The first-order valence-electron chi connectivity index (χ1n) is 7.00. The van der Waals surface area contributed by atoms with E-state index < -0.39 is 0 Å². The monoisotopic (exact) mass is 275 g/mol. The van der Waals surface area contributed by atoms with Crippen LogP contribution in [0, 0.1) is 13.0 Å². The zero-order valence-electron chi connectivity index (χ0n) is 11.8. The minimum atomic E-state index is -0.141. The predicted molar refractivity (Wildman–Crippen MR) is 87.4 cm³/mol. The lowest BCUT2D eigenvalue weighted by Gasteiger charge is -2.07. The van der Waals surface area contributed by atoms with E-state index in [4.69, 9.17) is 0 Å². The molecule has 1 aliphatic carbocycles. The predicted octanol–water partition coefficient (Wildman–Crippen LogP) is 5.56. The topological polar surface area (TPSA) is 0 Å². The molecule has 1 unspecified atom stereocenters. The molecule has 1 aliphatic rings. The third-order valence-corrected chi connectivity index (χ3v) is 6.13. The molecule has 1 radical (unpaired) electrons. The fraction of sp³-hybridized carbons (Fsp3) is 0.158. The zero-order valence-corrected chi connectivity index (χ0v) is 12.7. The molecule has 0 aliphatic heterocycles. The van der Waals surface area contributed by atoms with Gasteiger partial charge in [-0.3, -0.25) is 0 Å². The molecule has 0 amide bonds. The molecule has 2 aromatic carbocycles. The van der Waals surface area contributed by atoms with Gasteiger partial charge in [-0.2, -0.15) is 0 Å². The van der Waals surface area contributed by atoms with Gasteiger partial charge in [-0.1, -0.05) is 42.5 Å². The highest BCUT2D eigenvalue weighted by Crippen LogP contribution is 2.44. The van der Waals surface area contributed by atoms with Gasteiger partial charge in [-0.05, 0) is 65.3 Å². The van der Waals surface area contributed by atoms with Crippen molar-refractivity contribution in [1.29, 1.82) is 0 Å². The Bertz CT molecular complexity index is 789. The maximum Gasteiger partial charge on any atom is 0.00444 e. The number of hydrogen-bond donors (Lipinski definition) is 0. The van der Waals surface area contributed by atoms with E-state index in [-0.39, 0.29) is 7.53 Å². The first-order valence-corrected chi connectivity index (χ1v) is 8.85. The summed E-state index contributed by atoms with van der Waals surface area (Å²) < 4.78 is 0. The highest BCUT2D eigenvalue weighted by molar-refractivity contribution is 7.50. The van der Waals surface area contributed by atoms with Crippen molar-refractivity contribution in [2.75, 3.05) is 0 Å². The van der Waals surface area contributed by atoms with E-state index in [1.807, 2.05) is 0 Å². The van der Waals surface area contributed by atoms with Crippen LogP contribution in [0.4, 0.5) is 0 Å². The maximum absolute atomic E-state index is 3.69. The molecule has 0 saturated heterocycles. The number of aryl methyl sites for hydroxylation is 2. The van der Waals surface area contributed by atoms with E-state index in [1.54, 1.807) is 0 Å². The van der Waals surface area contributed by atoms with Gasteiger partial charge in [-0.25, -0.2) is 0 Å². The van der Waals surface area contributed by atoms with Crippen LogP contribution in [0.1, 0.15) is 16.7 Å². The first-order chi connectivity index (χ1) is 9.74. The molecule has 0 fully saturated rings. The molecule has 0 nitrogen and oxygen atoms in total. The van der Waals surface area contributed by atoms with Gasteiger partial charge >= 0.3 is 0 Å². The normalized spacial score (nSPS) is 13.2. The SMILES string of the molecule is Cc1ccp(C)c1-c1[c]c2c(cc1)-c1ccccc1C2. The van der Waals surface area contributed by atoms with Crippen molar-refractivity contribution < 1.29 is 0 Å². The van der Waals surface area contributed by atoms with E-state index in [0.29, 0.717) is 0 Å². The van der Waals surface area contributed by atoms with Gasteiger partial charge in [-0.15, -0.1) is 7.53 Å². The molecule has 1 atom stereocenters. The van der Waals surface area contributed by atoms with Crippen molar-refractivity contribution >= 4 is 7.53 Å². The van der Waals surface area contributed by atoms with Gasteiger partial charge < -0.3 is 0 Å². The molecule has 1 heterocycles. The Kier molecular flexibility index (Phi) is 2.62. The van der Waals surface area contributed by atoms with Crippen LogP contribution in [0.2, 0.25) is 0 Å². The van der Waals surface area contributed by atoms with Gasteiger partial charge in [0.1, 0.15) is 0 Å². The maximum atomic E-state index is 3.69. The van der Waals surface area contributed by atoms with Gasteiger partial charge in [0.2, 0.25) is 0 Å². The molecule has 0 spiro atoms. The first kappa shape index (κ1) is 12.0. The smallest absolute Gasteiger partial charge is 0.00444 e. The summed E-state index contributed by atoms with van der Waals surface area (Å²) in [5.74, 6) is 2.34. The largest absolute Gasteiger partial charge is 0.120 e. The molecule has 0 bridgehead atoms. The van der Waals surface area contributed by atoms with Crippen LogP contribution in [0.25, 0.3) is 22.0 Å². The van der Waals surface area contributed by atoms with E-state index in [0.717, 1.165) is 6.42 Å². The Labute approximate surface area is 121 Å². The Morgan fingerprint density at radius 1 is 1.00 bits per heavy atom. The summed E-state index contributed by atoms with van der Waals surface area (Å²) in [4.78, 5) is 0. The lowest BCUT2D eigenvalue weighted by atomic mass is 10.0. The summed E-state index contributed by atoms with van der Waals surface area (Å²) >= 11 is 0. The van der Waals surface area contributed by atoms with Crippen molar-refractivity contribution in [2.24, 2.45) is 6.66 Å². The van der Waals surface area contributed by atoms with E-state index in [9.17, 15) is 0 Å². The Balaban J connectivity index is 1.87.